The van der Waals surface area contributed by atoms with Gasteiger partial charge < -0.3 is 9.80 Å². The molecule has 1 saturated heterocycles. The second-order valence-electron chi connectivity index (χ2n) is 7.38. The lowest BCUT2D eigenvalue weighted by molar-refractivity contribution is -0.131. The van der Waals surface area contributed by atoms with Gasteiger partial charge in [0.1, 0.15) is 5.82 Å². The molecule has 2 aromatic rings. The van der Waals surface area contributed by atoms with E-state index >= 15 is 0 Å². The molecule has 1 aliphatic rings. The van der Waals surface area contributed by atoms with Crippen LogP contribution < -0.4 is 9.21 Å². The number of sulfonamides is 1. The molecule has 6 nitrogen and oxygen atoms in total. The fourth-order valence-corrected chi connectivity index (χ4v) is 4.48. The predicted molar refractivity (Wildman–Crippen MR) is 113 cm³/mol. The molecule has 0 aliphatic carbocycles. The van der Waals surface area contributed by atoms with Crippen LogP contribution in [0.1, 0.15) is 12.8 Å². The van der Waals surface area contributed by atoms with E-state index in [9.17, 15) is 26.4 Å². The van der Waals surface area contributed by atoms with Gasteiger partial charge in [0, 0.05) is 50.9 Å². The Hall–Kier alpha value is -2.75. The number of hydrogen-bond donors (Lipinski definition) is 0. The maximum absolute atomic E-state index is 13.5. The van der Waals surface area contributed by atoms with Crippen molar-refractivity contribution in [1.82, 2.24) is 4.90 Å². The molecule has 0 radical (unpaired) electrons. The van der Waals surface area contributed by atoms with Gasteiger partial charge in [0.05, 0.1) is 11.9 Å². The molecule has 0 aromatic heterocycles. The molecule has 1 amide bonds. The summed E-state index contributed by atoms with van der Waals surface area (Å²) in [6, 6.07) is 9.08. The summed E-state index contributed by atoms with van der Waals surface area (Å²) in [6.07, 6.45) is 1.35. The molecule has 0 atom stereocenters. The van der Waals surface area contributed by atoms with Crippen molar-refractivity contribution in [1.29, 1.82) is 0 Å². The number of carbonyl (C=O) groups is 1. The Morgan fingerprint density at radius 3 is 2.19 bits per heavy atom. The van der Waals surface area contributed by atoms with Crippen LogP contribution in [0.3, 0.4) is 0 Å². The fraction of sp³-hybridized carbons (Fsp3) is 0.381. The molecule has 1 aliphatic heterocycles. The van der Waals surface area contributed by atoms with E-state index in [4.69, 9.17) is 0 Å². The summed E-state index contributed by atoms with van der Waals surface area (Å²) >= 11 is 0. The number of anilines is 2. The topological polar surface area (TPSA) is 60.9 Å². The van der Waals surface area contributed by atoms with Gasteiger partial charge in [0.2, 0.25) is 15.9 Å². The fourth-order valence-electron chi connectivity index (χ4n) is 3.52. The minimum atomic E-state index is -3.73. The van der Waals surface area contributed by atoms with Crippen LogP contribution in [-0.4, -0.2) is 58.2 Å². The number of hydrogen-bond acceptors (Lipinski definition) is 4. The predicted octanol–water partition coefficient (Wildman–Crippen LogP) is 3.00. The number of amides is 1. The molecular weight excluding hydrogens is 431 g/mol. The van der Waals surface area contributed by atoms with E-state index in [1.54, 1.807) is 17.0 Å². The van der Waals surface area contributed by atoms with Crippen LogP contribution >= 0.6 is 0 Å². The van der Waals surface area contributed by atoms with E-state index < -0.39 is 21.7 Å². The highest BCUT2D eigenvalue weighted by Gasteiger charge is 2.23. The molecule has 0 unspecified atom stereocenters. The SMILES string of the molecule is CS(=O)(=O)N(CCCC(=O)N1CCN(c2ccc(F)cc2)CC1)c1ccc(F)c(F)c1. The van der Waals surface area contributed by atoms with Crippen LogP contribution in [0.4, 0.5) is 24.5 Å². The molecule has 0 N–H and O–H groups in total. The zero-order chi connectivity index (χ0) is 22.6. The molecule has 1 fully saturated rings. The van der Waals surface area contributed by atoms with Gasteiger partial charge in [-0.1, -0.05) is 0 Å². The van der Waals surface area contributed by atoms with Crippen LogP contribution in [-0.2, 0) is 14.8 Å². The first-order chi connectivity index (χ1) is 14.6. The summed E-state index contributed by atoms with van der Waals surface area (Å²) in [4.78, 5) is 16.3. The van der Waals surface area contributed by atoms with Crippen LogP contribution in [0, 0.1) is 17.5 Å². The first-order valence-corrected chi connectivity index (χ1v) is 11.7. The summed E-state index contributed by atoms with van der Waals surface area (Å²) in [7, 11) is -3.73. The minimum absolute atomic E-state index is 0.0155. The molecule has 2 aromatic carbocycles. The molecule has 0 bridgehead atoms. The van der Waals surface area contributed by atoms with Crippen LogP contribution in [0.5, 0.6) is 0 Å². The molecule has 1 heterocycles. The maximum atomic E-state index is 13.5. The van der Waals surface area contributed by atoms with Gasteiger partial charge in [-0.25, -0.2) is 21.6 Å². The summed E-state index contributed by atoms with van der Waals surface area (Å²) in [5, 5.41) is 0. The Bertz CT molecular complexity index is 1020. The zero-order valence-corrected chi connectivity index (χ0v) is 17.9. The number of rotatable bonds is 7. The standard InChI is InChI=1S/C21H24F3N3O3S/c1-31(29,30)27(18-8-9-19(23)20(24)15-18)10-2-3-21(28)26-13-11-25(12-14-26)17-6-4-16(22)5-7-17/h4-9,15H,2-3,10-14H2,1H3. The van der Waals surface area contributed by atoms with Crippen molar-refractivity contribution in [3.8, 4) is 0 Å². The summed E-state index contributed by atoms with van der Waals surface area (Å²) in [6.45, 7) is 2.22. The van der Waals surface area contributed by atoms with E-state index in [0.717, 1.165) is 28.4 Å². The maximum Gasteiger partial charge on any atom is 0.232 e. The first kappa shape index (κ1) is 22.9. The monoisotopic (exact) mass is 455 g/mol. The lowest BCUT2D eigenvalue weighted by Gasteiger charge is -2.36. The Morgan fingerprint density at radius 1 is 0.968 bits per heavy atom. The van der Waals surface area contributed by atoms with Gasteiger partial charge in [0.25, 0.3) is 0 Å². The van der Waals surface area contributed by atoms with E-state index in [0.29, 0.717) is 26.2 Å². The van der Waals surface area contributed by atoms with Crippen molar-refractivity contribution in [2.45, 2.75) is 12.8 Å². The summed E-state index contributed by atoms with van der Waals surface area (Å²) in [5.74, 6) is -2.60. The van der Waals surface area contributed by atoms with Crippen molar-refractivity contribution < 1.29 is 26.4 Å². The third-order valence-corrected chi connectivity index (χ3v) is 6.36. The number of benzene rings is 2. The van der Waals surface area contributed by atoms with Crippen LogP contribution in [0.15, 0.2) is 42.5 Å². The van der Waals surface area contributed by atoms with Crippen LogP contribution in [0.25, 0.3) is 0 Å². The second-order valence-corrected chi connectivity index (χ2v) is 9.29. The van der Waals surface area contributed by atoms with E-state index in [1.165, 1.54) is 18.2 Å². The van der Waals surface area contributed by atoms with E-state index in [1.807, 2.05) is 0 Å². The molecular formula is C21H24F3N3O3S. The van der Waals surface area contributed by atoms with Crippen molar-refractivity contribution in [3.05, 3.63) is 59.9 Å². The highest BCUT2D eigenvalue weighted by molar-refractivity contribution is 7.92. The molecule has 0 saturated carbocycles. The van der Waals surface area contributed by atoms with E-state index in [2.05, 4.69) is 4.90 Å². The molecule has 168 valence electrons. The van der Waals surface area contributed by atoms with Crippen molar-refractivity contribution in [3.63, 3.8) is 0 Å². The normalized spacial score (nSPS) is 14.6. The van der Waals surface area contributed by atoms with Gasteiger partial charge in [-0.05, 0) is 42.8 Å². The molecule has 0 spiro atoms. The zero-order valence-electron chi connectivity index (χ0n) is 17.1. The average Bonchev–Trinajstić information content (AvgIpc) is 2.73. The molecule has 3 rings (SSSR count). The van der Waals surface area contributed by atoms with Crippen molar-refractivity contribution in [2.24, 2.45) is 0 Å². The van der Waals surface area contributed by atoms with Gasteiger partial charge in [-0.2, -0.15) is 0 Å². The van der Waals surface area contributed by atoms with Gasteiger partial charge in [0.15, 0.2) is 11.6 Å². The Kier molecular flexibility index (Phi) is 7.09. The smallest absolute Gasteiger partial charge is 0.232 e. The van der Waals surface area contributed by atoms with Gasteiger partial charge >= 0.3 is 0 Å². The van der Waals surface area contributed by atoms with Gasteiger partial charge in [-0.3, -0.25) is 9.10 Å². The first-order valence-electron chi connectivity index (χ1n) is 9.86. The number of nitrogens with zero attached hydrogens (tertiary/aromatic N) is 3. The highest BCUT2D eigenvalue weighted by Crippen LogP contribution is 2.22. The molecule has 31 heavy (non-hydrogen) atoms. The quantitative estimate of drug-likeness (QED) is 0.644. The number of carbonyl (C=O) groups excluding carboxylic acids is 1. The summed E-state index contributed by atoms with van der Waals surface area (Å²) in [5.41, 5.74) is 0.908. The lowest BCUT2D eigenvalue weighted by atomic mass is 10.2. The third kappa shape index (κ3) is 5.90. The van der Waals surface area contributed by atoms with Crippen molar-refractivity contribution in [2.75, 3.05) is 48.2 Å². The van der Waals surface area contributed by atoms with Crippen LogP contribution in [0.2, 0.25) is 0 Å². The van der Waals surface area contributed by atoms with Gasteiger partial charge in [-0.15, -0.1) is 0 Å². The average molecular weight is 456 g/mol. The third-order valence-electron chi connectivity index (χ3n) is 5.17. The summed E-state index contributed by atoms with van der Waals surface area (Å²) < 4.78 is 64.9. The highest BCUT2D eigenvalue weighted by atomic mass is 32.2. The molecule has 10 heteroatoms. The Labute approximate surface area is 179 Å². The largest absolute Gasteiger partial charge is 0.368 e. The Balaban J connectivity index is 1.52. The number of piperazine rings is 1. The lowest BCUT2D eigenvalue weighted by Crippen LogP contribution is -2.48. The van der Waals surface area contributed by atoms with Crippen molar-refractivity contribution >= 4 is 27.3 Å². The second kappa shape index (κ2) is 9.59. The minimum Gasteiger partial charge on any atom is -0.368 e. The number of halogens is 3. The van der Waals surface area contributed by atoms with E-state index in [-0.39, 0.29) is 36.8 Å². The Morgan fingerprint density at radius 2 is 1.61 bits per heavy atom.